The molecule has 0 aliphatic carbocycles. The molecule has 0 aromatic carbocycles. The maximum atomic E-state index is 13.6. The Labute approximate surface area is 174 Å². The molecule has 0 saturated carbocycles. The number of fused-ring (bicyclic) bond motifs is 2. The minimum atomic E-state index is -3.03. The van der Waals surface area contributed by atoms with Crippen molar-refractivity contribution in [1.82, 2.24) is 29.5 Å². The van der Waals surface area contributed by atoms with Crippen molar-refractivity contribution in [3.05, 3.63) is 71.2 Å². The Morgan fingerprint density at radius 2 is 2.23 bits per heavy atom. The molecule has 0 fully saturated rings. The van der Waals surface area contributed by atoms with Crippen LogP contribution in [0.15, 0.2) is 41.2 Å². The number of nitrogens with one attached hydrogen (secondary N) is 1. The molecule has 5 rings (SSSR count). The molecule has 31 heavy (non-hydrogen) atoms. The Balaban J connectivity index is 1.61. The Hall–Kier alpha value is -3.60. The van der Waals surface area contributed by atoms with Crippen LogP contribution in [0.4, 0.5) is 8.78 Å². The molecule has 0 spiro atoms. The number of amides is 1. The highest BCUT2D eigenvalue weighted by atomic mass is 19.3. The van der Waals surface area contributed by atoms with Crippen molar-refractivity contribution in [3.63, 3.8) is 0 Å². The van der Waals surface area contributed by atoms with E-state index in [1.54, 1.807) is 10.7 Å². The summed E-state index contributed by atoms with van der Waals surface area (Å²) < 4.78 is 34.1. The van der Waals surface area contributed by atoms with Gasteiger partial charge in [-0.2, -0.15) is 5.10 Å². The van der Waals surface area contributed by atoms with E-state index in [9.17, 15) is 18.7 Å². The van der Waals surface area contributed by atoms with Gasteiger partial charge in [0.25, 0.3) is 12.3 Å². The molecule has 4 aromatic heterocycles. The van der Waals surface area contributed by atoms with Crippen molar-refractivity contribution >= 4 is 11.4 Å². The molecule has 1 aliphatic rings. The predicted octanol–water partition coefficient (Wildman–Crippen LogP) is 2.82. The van der Waals surface area contributed by atoms with Gasteiger partial charge in [0, 0.05) is 24.9 Å². The highest BCUT2D eigenvalue weighted by Gasteiger charge is 2.39. The number of aliphatic hydroxyl groups is 1. The second-order valence-electron chi connectivity index (χ2n) is 7.30. The zero-order valence-electron chi connectivity index (χ0n) is 16.4. The van der Waals surface area contributed by atoms with Crippen molar-refractivity contribution < 1.29 is 23.1 Å². The summed E-state index contributed by atoms with van der Waals surface area (Å²) in [6.07, 6.45) is -0.486. The summed E-state index contributed by atoms with van der Waals surface area (Å²) in [5, 5.41) is 14.3. The Kier molecular flexibility index (Phi) is 4.54. The van der Waals surface area contributed by atoms with Crippen molar-refractivity contribution in [2.75, 3.05) is 6.54 Å². The summed E-state index contributed by atoms with van der Waals surface area (Å²) in [6.45, 7) is 1.56. The summed E-state index contributed by atoms with van der Waals surface area (Å²) in [4.78, 5) is 25.9. The number of carbonyl (C=O) groups is 1. The summed E-state index contributed by atoms with van der Waals surface area (Å²) in [6, 6.07) is 6.69. The molecule has 2 N–H and O–H groups in total. The maximum Gasteiger partial charge on any atom is 0.292 e. The Bertz CT molecular complexity index is 1230. The highest BCUT2D eigenvalue weighted by Crippen LogP contribution is 2.36. The Morgan fingerprint density at radius 3 is 2.97 bits per heavy atom. The Morgan fingerprint density at radius 1 is 1.39 bits per heavy atom. The number of alkyl halides is 2. The maximum absolute atomic E-state index is 13.6. The molecule has 5 heterocycles. The number of H-pyrrole nitrogens is 1. The van der Waals surface area contributed by atoms with Gasteiger partial charge in [0.1, 0.15) is 12.1 Å². The summed E-state index contributed by atoms with van der Waals surface area (Å²) in [5.41, 5.74) is 2.01. The van der Waals surface area contributed by atoms with Crippen LogP contribution in [0.1, 0.15) is 64.7 Å². The predicted molar refractivity (Wildman–Crippen MR) is 102 cm³/mol. The third-order valence-corrected chi connectivity index (χ3v) is 5.28. The number of aromatic amines is 1. The normalized spacial score (nSPS) is 17.3. The molecule has 0 saturated heterocycles. The molecule has 11 heteroatoms. The quantitative estimate of drug-likeness (QED) is 0.517. The van der Waals surface area contributed by atoms with Gasteiger partial charge in [-0.25, -0.2) is 23.3 Å². The number of aliphatic hydroxyl groups excluding tert-OH is 1. The molecular weight excluding hydrogens is 410 g/mol. The highest BCUT2D eigenvalue weighted by molar-refractivity contribution is 5.93. The largest absolute Gasteiger partial charge is 0.432 e. The second-order valence-corrected chi connectivity index (χ2v) is 7.30. The first-order valence-electron chi connectivity index (χ1n) is 9.68. The fourth-order valence-electron chi connectivity index (χ4n) is 3.85. The van der Waals surface area contributed by atoms with Crippen LogP contribution in [-0.2, 0) is 6.42 Å². The first-order valence-corrected chi connectivity index (χ1v) is 9.68. The zero-order valence-corrected chi connectivity index (χ0v) is 16.4. The molecular formula is C20H18F2N6O3. The fraction of sp³-hybridized carbons (Fsp3) is 0.300. The number of hydrogen-bond acceptors (Lipinski definition) is 6. The number of oxazole rings is 1. The third kappa shape index (κ3) is 3.17. The number of nitrogens with zero attached hydrogens (tertiary/aromatic N) is 5. The van der Waals surface area contributed by atoms with Crippen molar-refractivity contribution in [2.45, 2.75) is 31.9 Å². The van der Waals surface area contributed by atoms with E-state index in [4.69, 9.17) is 4.42 Å². The molecule has 1 aliphatic heterocycles. The van der Waals surface area contributed by atoms with Crippen LogP contribution in [0, 0.1) is 0 Å². The number of aromatic nitrogens is 5. The van der Waals surface area contributed by atoms with Crippen molar-refractivity contribution in [1.29, 1.82) is 0 Å². The van der Waals surface area contributed by atoms with Crippen LogP contribution in [-0.4, -0.2) is 47.0 Å². The number of carbonyl (C=O) groups excluding carboxylic acids is 1. The van der Waals surface area contributed by atoms with Crippen molar-refractivity contribution in [2.24, 2.45) is 0 Å². The van der Waals surface area contributed by atoms with E-state index in [2.05, 4.69) is 20.1 Å². The first kappa shape index (κ1) is 19.4. The smallest absolute Gasteiger partial charge is 0.292 e. The molecule has 160 valence electrons. The average molecular weight is 428 g/mol. The lowest BCUT2D eigenvalue weighted by molar-refractivity contribution is 0.0631. The van der Waals surface area contributed by atoms with E-state index < -0.39 is 35.9 Å². The van der Waals surface area contributed by atoms with E-state index in [1.165, 1.54) is 18.2 Å². The molecule has 1 unspecified atom stereocenters. The van der Waals surface area contributed by atoms with Gasteiger partial charge in [0.05, 0.1) is 23.2 Å². The second kappa shape index (κ2) is 7.27. The molecule has 0 bridgehead atoms. The van der Waals surface area contributed by atoms with E-state index in [0.29, 0.717) is 17.8 Å². The SMILES string of the molecule is CC(O)c1nc(C(F)F)c(C(=O)N2CCc3[nH]cnc3[C@@H]2c2cc3ccccn3n2)o1. The van der Waals surface area contributed by atoms with Gasteiger partial charge in [-0.3, -0.25) is 4.79 Å². The van der Waals surface area contributed by atoms with E-state index in [1.807, 2.05) is 24.3 Å². The number of imidazole rings is 1. The number of hydrogen-bond donors (Lipinski definition) is 2. The number of rotatable bonds is 4. The molecule has 2 atom stereocenters. The third-order valence-electron chi connectivity index (χ3n) is 5.28. The number of pyridine rings is 1. The summed E-state index contributed by atoms with van der Waals surface area (Å²) in [5.74, 6) is -1.68. The van der Waals surface area contributed by atoms with Crippen LogP contribution < -0.4 is 0 Å². The van der Waals surface area contributed by atoms with Crippen LogP contribution >= 0.6 is 0 Å². The molecule has 4 aromatic rings. The van der Waals surface area contributed by atoms with Gasteiger partial charge in [-0.05, 0) is 25.1 Å². The van der Waals surface area contributed by atoms with Gasteiger partial charge in [-0.15, -0.1) is 0 Å². The van der Waals surface area contributed by atoms with Gasteiger partial charge >= 0.3 is 0 Å². The van der Waals surface area contributed by atoms with E-state index in [0.717, 1.165) is 11.2 Å². The first-order chi connectivity index (χ1) is 14.9. The van der Waals surface area contributed by atoms with Crippen LogP contribution in [0.3, 0.4) is 0 Å². The van der Waals surface area contributed by atoms with Gasteiger partial charge in [-0.1, -0.05) is 6.07 Å². The zero-order chi connectivity index (χ0) is 21.7. The summed E-state index contributed by atoms with van der Waals surface area (Å²) in [7, 11) is 0. The van der Waals surface area contributed by atoms with Crippen LogP contribution in [0.5, 0.6) is 0 Å². The van der Waals surface area contributed by atoms with Gasteiger partial charge < -0.3 is 19.4 Å². The minimum absolute atomic E-state index is 0.236. The number of halogens is 2. The van der Waals surface area contributed by atoms with E-state index >= 15 is 0 Å². The molecule has 1 amide bonds. The average Bonchev–Trinajstić information content (AvgIpc) is 3.49. The van der Waals surface area contributed by atoms with E-state index in [-0.39, 0.29) is 12.4 Å². The van der Waals surface area contributed by atoms with Crippen LogP contribution in [0.2, 0.25) is 0 Å². The standard InChI is InChI=1S/C20H18F2N6O3/c1-10(29)19-25-15(18(21)22)17(31-19)20(30)27-7-5-12-14(24-9-23-12)16(27)13-8-11-4-2-3-6-28(11)26-13/h2-4,6,8-10,16,18,29H,5,7H2,1H3,(H,23,24)/t10?,16-/m0/s1. The monoisotopic (exact) mass is 428 g/mol. The lowest BCUT2D eigenvalue weighted by Gasteiger charge is -2.33. The van der Waals surface area contributed by atoms with Gasteiger partial charge in [0.2, 0.25) is 11.7 Å². The minimum Gasteiger partial charge on any atom is -0.432 e. The van der Waals surface area contributed by atoms with Crippen molar-refractivity contribution in [3.8, 4) is 0 Å². The van der Waals surface area contributed by atoms with Crippen LogP contribution in [0.25, 0.3) is 5.52 Å². The fourth-order valence-corrected chi connectivity index (χ4v) is 3.85. The summed E-state index contributed by atoms with van der Waals surface area (Å²) >= 11 is 0. The molecule has 9 nitrogen and oxygen atoms in total. The molecule has 0 radical (unpaired) electrons. The lowest BCUT2D eigenvalue weighted by Crippen LogP contribution is -2.41. The topological polar surface area (TPSA) is 113 Å². The lowest BCUT2D eigenvalue weighted by atomic mass is 9.99. The van der Waals surface area contributed by atoms with Gasteiger partial charge in [0.15, 0.2) is 5.69 Å².